The molecule has 1 aromatic carbocycles. The maximum atomic E-state index is 13.1. The third-order valence-corrected chi connectivity index (χ3v) is 4.87. The Kier molecular flexibility index (Phi) is 6.27. The van der Waals surface area contributed by atoms with Gasteiger partial charge >= 0.3 is 0 Å². The molecule has 0 spiro atoms. The molecule has 27 heavy (non-hydrogen) atoms. The minimum atomic E-state index is -0.00630. The van der Waals surface area contributed by atoms with Crippen LogP contribution in [-0.2, 0) is 0 Å². The standard InChI is InChI=1S/C21H28N4O2/c1-4-16-10-8-9-13-25(16)20(26)18-14-15(3)22-21(24-18)23-17-11-6-7-12-19(17)27-5-2/h6-7,11-12,14,16H,4-5,8-10,13H2,1-3H3,(H,22,23,24). The average Bonchev–Trinajstić information content (AvgIpc) is 2.68. The van der Waals surface area contributed by atoms with Gasteiger partial charge in [0.15, 0.2) is 0 Å². The van der Waals surface area contributed by atoms with E-state index < -0.39 is 0 Å². The molecule has 2 aromatic rings. The van der Waals surface area contributed by atoms with Crippen LogP contribution in [-0.4, -0.2) is 40.0 Å². The molecule has 1 atom stereocenters. The normalized spacial score (nSPS) is 16.9. The summed E-state index contributed by atoms with van der Waals surface area (Å²) in [4.78, 5) is 24.0. The lowest BCUT2D eigenvalue weighted by Gasteiger charge is -2.35. The highest BCUT2D eigenvalue weighted by atomic mass is 16.5. The summed E-state index contributed by atoms with van der Waals surface area (Å²) < 4.78 is 5.65. The third kappa shape index (κ3) is 4.56. The highest BCUT2D eigenvalue weighted by Gasteiger charge is 2.27. The molecular weight excluding hydrogens is 340 g/mol. The van der Waals surface area contributed by atoms with Gasteiger partial charge in [-0.05, 0) is 57.7 Å². The van der Waals surface area contributed by atoms with Crippen LogP contribution in [0.3, 0.4) is 0 Å². The Hall–Kier alpha value is -2.63. The number of nitrogens with one attached hydrogen (secondary N) is 1. The Morgan fingerprint density at radius 3 is 2.85 bits per heavy atom. The van der Waals surface area contributed by atoms with E-state index in [2.05, 4.69) is 22.2 Å². The van der Waals surface area contributed by atoms with Crippen LogP contribution < -0.4 is 10.1 Å². The Morgan fingerprint density at radius 2 is 2.07 bits per heavy atom. The fourth-order valence-electron chi connectivity index (χ4n) is 3.55. The lowest BCUT2D eigenvalue weighted by atomic mass is 9.99. The zero-order chi connectivity index (χ0) is 19.2. The van der Waals surface area contributed by atoms with E-state index in [0.717, 1.165) is 42.9 Å². The van der Waals surface area contributed by atoms with Gasteiger partial charge in [0.1, 0.15) is 11.4 Å². The summed E-state index contributed by atoms with van der Waals surface area (Å²) in [5.74, 6) is 1.14. The molecule has 6 heteroatoms. The van der Waals surface area contributed by atoms with E-state index >= 15 is 0 Å². The topological polar surface area (TPSA) is 67.3 Å². The van der Waals surface area contributed by atoms with Crippen LogP contribution in [0.25, 0.3) is 0 Å². The summed E-state index contributed by atoms with van der Waals surface area (Å²) in [6, 6.07) is 9.72. The van der Waals surface area contributed by atoms with Gasteiger partial charge in [-0.1, -0.05) is 19.1 Å². The number of amides is 1. The molecule has 1 aliphatic rings. The smallest absolute Gasteiger partial charge is 0.272 e. The number of carbonyl (C=O) groups is 1. The molecule has 0 aliphatic carbocycles. The molecule has 1 aromatic heterocycles. The zero-order valence-electron chi connectivity index (χ0n) is 16.4. The summed E-state index contributed by atoms with van der Waals surface area (Å²) in [6.07, 6.45) is 4.28. The number of benzene rings is 1. The largest absolute Gasteiger partial charge is 0.492 e. The molecule has 1 saturated heterocycles. The number of aryl methyl sites for hydroxylation is 1. The van der Waals surface area contributed by atoms with Crippen molar-refractivity contribution in [1.82, 2.24) is 14.9 Å². The number of para-hydroxylation sites is 2. The second kappa shape index (κ2) is 8.84. The number of hydrogen-bond acceptors (Lipinski definition) is 5. The summed E-state index contributed by atoms with van der Waals surface area (Å²) >= 11 is 0. The van der Waals surface area contributed by atoms with Gasteiger partial charge in [0.05, 0.1) is 12.3 Å². The number of likely N-dealkylation sites (tertiary alicyclic amines) is 1. The van der Waals surface area contributed by atoms with Gasteiger partial charge in [-0.15, -0.1) is 0 Å². The predicted molar refractivity (Wildman–Crippen MR) is 107 cm³/mol. The first-order chi connectivity index (χ1) is 13.1. The minimum Gasteiger partial charge on any atom is -0.492 e. The molecule has 2 heterocycles. The number of rotatable bonds is 6. The highest BCUT2D eigenvalue weighted by molar-refractivity contribution is 5.93. The maximum absolute atomic E-state index is 13.1. The van der Waals surface area contributed by atoms with Gasteiger partial charge in [-0.3, -0.25) is 4.79 Å². The zero-order valence-corrected chi connectivity index (χ0v) is 16.4. The first-order valence-corrected chi connectivity index (χ1v) is 9.77. The number of hydrogen-bond donors (Lipinski definition) is 1. The second-order valence-electron chi connectivity index (χ2n) is 6.83. The number of nitrogens with zero attached hydrogens (tertiary/aromatic N) is 3. The van der Waals surface area contributed by atoms with Crippen molar-refractivity contribution in [1.29, 1.82) is 0 Å². The molecule has 1 unspecified atom stereocenters. The van der Waals surface area contributed by atoms with Gasteiger partial charge in [0.25, 0.3) is 5.91 Å². The number of anilines is 2. The summed E-state index contributed by atoms with van der Waals surface area (Å²) in [7, 11) is 0. The summed E-state index contributed by atoms with van der Waals surface area (Å²) in [5.41, 5.74) is 1.99. The van der Waals surface area contributed by atoms with Crippen LogP contribution in [0.15, 0.2) is 30.3 Å². The molecule has 1 amide bonds. The fraction of sp³-hybridized carbons (Fsp3) is 0.476. The Balaban J connectivity index is 1.85. The van der Waals surface area contributed by atoms with Crippen LogP contribution in [0.5, 0.6) is 5.75 Å². The molecule has 6 nitrogen and oxygen atoms in total. The van der Waals surface area contributed by atoms with Crippen molar-refractivity contribution < 1.29 is 9.53 Å². The highest BCUT2D eigenvalue weighted by Crippen LogP contribution is 2.27. The minimum absolute atomic E-state index is 0.00630. The first-order valence-electron chi connectivity index (χ1n) is 9.77. The van der Waals surface area contributed by atoms with E-state index in [1.807, 2.05) is 43.0 Å². The molecular formula is C21H28N4O2. The Morgan fingerprint density at radius 1 is 1.26 bits per heavy atom. The van der Waals surface area contributed by atoms with Gasteiger partial charge in [0, 0.05) is 18.3 Å². The van der Waals surface area contributed by atoms with Crippen molar-refractivity contribution in [3.63, 3.8) is 0 Å². The van der Waals surface area contributed by atoms with Crippen LogP contribution in [0.2, 0.25) is 0 Å². The monoisotopic (exact) mass is 368 g/mol. The quantitative estimate of drug-likeness (QED) is 0.822. The van der Waals surface area contributed by atoms with Crippen molar-refractivity contribution in [3.05, 3.63) is 41.7 Å². The van der Waals surface area contributed by atoms with Crippen molar-refractivity contribution >= 4 is 17.5 Å². The Bertz CT molecular complexity index is 794. The number of piperidine rings is 1. The van der Waals surface area contributed by atoms with E-state index in [4.69, 9.17) is 4.74 Å². The van der Waals surface area contributed by atoms with Crippen LogP contribution in [0, 0.1) is 6.92 Å². The summed E-state index contributed by atoms with van der Waals surface area (Å²) in [6.45, 7) is 7.34. The van der Waals surface area contributed by atoms with Crippen molar-refractivity contribution in [3.8, 4) is 5.75 Å². The van der Waals surface area contributed by atoms with E-state index in [-0.39, 0.29) is 5.91 Å². The molecule has 1 aliphatic heterocycles. The average molecular weight is 368 g/mol. The molecule has 1 fully saturated rings. The molecule has 0 saturated carbocycles. The second-order valence-corrected chi connectivity index (χ2v) is 6.83. The fourth-order valence-corrected chi connectivity index (χ4v) is 3.55. The lowest BCUT2D eigenvalue weighted by Crippen LogP contribution is -2.43. The van der Waals surface area contributed by atoms with Gasteiger partial charge in [0.2, 0.25) is 5.95 Å². The van der Waals surface area contributed by atoms with E-state index in [1.54, 1.807) is 6.07 Å². The van der Waals surface area contributed by atoms with Crippen molar-refractivity contribution in [2.24, 2.45) is 0 Å². The van der Waals surface area contributed by atoms with Gasteiger partial charge in [-0.2, -0.15) is 0 Å². The molecule has 0 radical (unpaired) electrons. The van der Waals surface area contributed by atoms with Gasteiger partial charge in [-0.25, -0.2) is 9.97 Å². The first kappa shape index (κ1) is 19.1. The molecule has 1 N–H and O–H groups in total. The van der Waals surface area contributed by atoms with Crippen LogP contribution in [0.1, 0.15) is 55.7 Å². The molecule has 0 bridgehead atoms. The molecule has 3 rings (SSSR count). The van der Waals surface area contributed by atoms with Crippen LogP contribution >= 0.6 is 0 Å². The Labute approximate surface area is 161 Å². The molecule has 144 valence electrons. The lowest BCUT2D eigenvalue weighted by molar-refractivity contribution is 0.0602. The van der Waals surface area contributed by atoms with E-state index in [1.165, 1.54) is 6.42 Å². The third-order valence-electron chi connectivity index (χ3n) is 4.87. The number of carbonyl (C=O) groups excluding carboxylic acids is 1. The maximum Gasteiger partial charge on any atom is 0.272 e. The number of aromatic nitrogens is 2. The van der Waals surface area contributed by atoms with Gasteiger partial charge < -0.3 is 15.0 Å². The number of ether oxygens (including phenoxy) is 1. The van der Waals surface area contributed by atoms with Crippen LogP contribution in [0.4, 0.5) is 11.6 Å². The summed E-state index contributed by atoms with van der Waals surface area (Å²) in [5, 5.41) is 3.20. The van der Waals surface area contributed by atoms with E-state index in [0.29, 0.717) is 24.3 Å². The van der Waals surface area contributed by atoms with Crippen molar-refractivity contribution in [2.45, 2.75) is 52.5 Å². The van der Waals surface area contributed by atoms with E-state index in [9.17, 15) is 4.79 Å². The predicted octanol–water partition coefficient (Wildman–Crippen LogP) is 4.33. The van der Waals surface area contributed by atoms with Crippen molar-refractivity contribution in [2.75, 3.05) is 18.5 Å². The SMILES string of the molecule is CCOc1ccccc1Nc1nc(C)cc(C(=O)N2CCCCC2CC)n1.